The summed E-state index contributed by atoms with van der Waals surface area (Å²) in [5.41, 5.74) is 1.01. The van der Waals surface area contributed by atoms with E-state index in [-0.39, 0.29) is 17.4 Å². The molecule has 29 heavy (non-hydrogen) atoms. The van der Waals surface area contributed by atoms with Gasteiger partial charge in [-0.05, 0) is 46.8 Å². The average molecular weight is 444 g/mol. The van der Waals surface area contributed by atoms with Crippen LogP contribution in [0.5, 0.6) is 0 Å². The molecule has 1 aliphatic heterocycles. The van der Waals surface area contributed by atoms with Gasteiger partial charge in [-0.25, -0.2) is 8.42 Å². The highest BCUT2D eigenvalue weighted by Gasteiger charge is 2.51. The number of nitrogens with zero attached hydrogens (tertiary/aromatic N) is 1. The van der Waals surface area contributed by atoms with Crippen molar-refractivity contribution in [1.82, 2.24) is 4.31 Å². The quantitative estimate of drug-likeness (QED) is 0.386. The minimum Gasteiger partial charge on any atom is -0.351 e. The molecule has 0 saturated carbocycles. The maximum Gasteiger partial charge on any atom is 0.680 e. The number of rotatable bonds is 11. The largest absolute Gasteiger partial charge is 0.680 e. The van der Waals surface area contributed by atoms with Crippen molar-refractivity contribution in [2.45, 2.75) is 45.6 Å². The fraction of sp³-hybridized carbons (Fsp3) is 0.600. The van der Waals surface area contributed by atoms with E-state index in [2.05, 4.69) is 0 Å². The fourth-order valence-electron chi connectivity index (χ4n) is 3.32. The van der Waals surface area contributed by atoms with Gasteiger partial charge in [-0.3, -0.25) is 0 Å². The van der Waals surface area contributed by atoms with Crippen molar-refractivity contribution >= 4 is 19.1 Å². The van der Waals surface area contributed by atoms with E-state index in [9.17, 15) is 8.42 Å². The second kappa shape index (κ2) is 10.8. The van der Waals surface area contributed by atoms with E-state index in [1.54, 1.807) is 24.3 Å². The van der Waals surface area contributed by atoms with Crippen LogP contribution in [0.15, 0.2) is 41.3 Å². The monoisotopic (exact) mass is 443 g/mol. The third kappa shape index (κ3) is 5.97. The summed E-state index contributed by atoms with van der Waals surface area (Å²) in [6.07, 6.45) is 3.47. The Balaban J connectivity index is 2.28. The topological polar surface area (TPSA) is 74.3 Å². The molecule has 7 nitrogen and oxygen atoms in total. The summed E-state index contributed by atoms with van der Waals surface area (Å²) in [5, 5.41) is 0. The van der Waals surface area contributed by atoms with Crippen LogP contribution < -0.4 is 0 Å². The van der Waals surface area contributed by atoms with E-state index in [0.717, 1.165) is 5.56 Å². The molecule has 1 aromatic carbocycles. The maximum absolute atomic E-state index is 13.1. The molecule has 2 rings (SSSR count). The summed E-state index contributed by atoms with van der Waals surface area (Å²) in [6.45, 7) is 11.1. The predicted molar refractivity (Wildman–Crippen MR) is 114 cm³/mol. The van der Waals surface area contributed by atoms with E-state index in [4.69, 9.17) is 17.7 Å². The zero-order chi connectivity index (χ0) is 21.5. The Hall–Kier alpha value is -1.07. The number of sulfonamides is 1. The SMILES string of the molecule is C/C=C/[C@H]1CN(S(=O)(=O)c2ccc(C)cc2)C[C@@H]1O[Si](OCC)(OCC)OCC. The molecule has 9 heteroatoms. The molecule has 0 spiro atoms. The van der Waals surface area contributed by atoms with Gasteiger partial charge < -0.3 is 17.7 Å². The number of hydrogen-bond acceptors (Lipinski definition) is 6. The van der Waals surface area contributed by atoms with Crippen molar-refractivity contribution in [2.75, 3.05) is 32.9 Å². The fourth-order valence-corrected chi connectivity index (χ4v) is 6.94. The van der Waals surface area contributed by atoms with Gasteiger partial charge in [0, 0.05) is 38.8 Å². The van der Waals surface area contributed by atoms with Gasteiger partial charge in [0.1, 0.15) is 0 Å². The summed E-state index contributed by atoms with van der Waals surface area (Å²) < 4.78 is 51.4. The van der Waals surface area contributed by atoms with Gasteiger partial charge >= 0.3 is 9.05 Å². The minimum absolute atomic E-state index is 0.117. The summed E-state index contributed by atoms with van der Waals surface area (Å²) in [6, 6.07) is 6.89. The van der Waals surface area contributed by atoms with Crippen molar-refractivity contribution < 1.29 is 26.1 Å². The first-order valence-corrected chi connectivity index (χ1v) is 13.2. The van der Waals surface area contributed by atoms with Crippen LogP contribution in [0.4, 0.5) is 0 Å². The van der Waals surface area contributed by atoms with Crippen molar-refractivity contribution in [3.63, 3.8) is 0 Å². The van der Waals surface area contributed by atoms with Gasteiger partial charge in [0.05, 0.1) is 11.0 Å². The van der Waals surface area contributed by atoms with Gasteiger partial charge in [0.15, 0.2) is 0 Å². The summed E-state index contributed by atoms with van der Waals surface area (Å²) >= 11 is 0. The Morgan fingerprint density at radius 1 is 1.03 bits per heavy atom. The first kappa shape index (κ1) is 24.2. The Morgan fingerprint density at radius 2 is 1.59 bits per heavy atom. The van der Waals surface area contributed by atoms with Gasteiger partial charge in [0.2, 0.25) is 10.0 Å². The van der Waals surface area contributed by atoms with Gasteiger partial charge in [-0.1, -0.05) is 29.8 Å². The Kier molecular flexibility index (Phi) is 9.02. The minimum atomic E-state index is -3.62. The lowest BCUT2D eigenvalue weighted by molar-refractivity contribution is -0.0518. The van der Waals surface area contributed by atoms with Gasteiger partial charge in [-0.2, -0.15) is 4.31 Å². The highest BCUT2D eigenvalue weighted by Crippen LogP contribution is 2.30. The molecule has 1 aromatic rings. The molecular formula is C20H33NO6SSi. The lowest BCUT2D eigenvalue weighted by atomic mass is 10.1. The highest BCUT2D eigenvalue weighted by atomic mass is 32.2. The molecule has 1 saturated heterocycles. The second-order valence-corrected chi connectivity index (χ2v) is 10.8. The second-order valence-electron chi connectivity index (χ2n) is 6.78. The van der Waals surface area contributed by atoms with Gasteiger partial charge in [-0.15, -0.1) is 0 Å². The summed E-state index contributed by atoms with van der Waals surface area (Å²) in [4.78, 5) is 0.283. The molecule has 1 heterocycles. The molecule has 2 atom stereocenters. The van der Waals surface area contributed by atoms with Crippen LogP contribution >= 0.6 is 0 Å². The summed E-state index contributed by atoms with van der Waals surface area (Å²) in [5.74, 6) is -0.117. The standard InChI is InChI=1S/C20H33NO6SSi/c1-6-10-18-15-21(28(22,23)19-13-11-17(5)12-14-19)16-20(18)27-29(24-7-2,25-8-3)26-9-4/h6,10-14,18,20H,7-9,15-16H2,1-5H3/b10-6+/t18-,20-/m0/s1. The molecule has 164 valence electrons. The lowest BCUT2D eigenvalue weighted by Gasteiger charge is -2.31. The maximum atomic E-state index is 13.1. The summed E-state index contributed by atoms with van der Waals surface area (Å²) in [7, 11) is -6.98. The third-order valence-electron chi connectivity index (χ3n) is 4.63. The van der Waals surface area contributed by atoms with Crippen LogP contribution in [0.1, 0.15) is 33.3 Å². The zero-order valence-electron chi connectivity index (χ0n) is 18.0. The number of aryl methyl sites for hydroxylation is 1. The highest BCUT2D eigenvalue weighted by molar-refractivity contribution is 7.89. The Labute approximate surface area is 176 Å². The van der Waals surface area contributed by atoms with E-state index in [1.165, 1.54) is 4.31 Å². The molecule has 0 aromatic heterocycles. The first-order valence-electron chi connectivity index (χ1n) is 10.1. The van der Waals surface area contributed by atoms with Crippen molar-refractivity contribution in [1.29, 1.82) is 0 Å². The molecule has 0 amide bonds. The van der Waals surface area contributed by atoms with Crippen LogP contribution in [-0.2, 0) is 27.7 Å². The Bertz CT molecular complexity index is 751. The number of benzene rings is 1. The molecule has 0 aliphatic carbocycles. The average Bonchev–Trinajstić information content (AvgIpc) is 3.06. The number of allylic oxidation sites excluding steroid dienone is 1. The van der Waals surface area contributed by atoms with Crippen molar-refractivity contribution in [3.05, 3.63) is 42.0 Å². The van der Waals surface area contributed by atoms with Crippen molar-refractivity contribution in [2.24, 2.45) is 5.92 Å². The Morgan fingerprint density at radius 3 is 2.07 bits per heavy atom. The van der Waals surface area contributed by atoms with Crippen LogP contribution in [-0.4, -0.2) is 60.8 Å². The molecular weight excluding hydrogens is 410 g/mol. The molecule has 1 aliphatic rings. The molecule has 0 unspecified atom stereocenters. The zero-order valence-corrected chi connectivity index (χ0v) is 19.8. The van der Waals surface area contributed by atoms with Crippen LogP contribution in [0.25, 0.3) is 0 Å². The van der Waals surface area contributed by atoms with E-state index >= 15 is 0 Å². The van der Waals surface area contributed by atoms with Crippen LogP contribution in [0, 0.1) is 12.8 Å². The third-order valence-corrected chi connectivity index (χ3v) is 9.00. The van der Waals surface area contributed by atoms with E-state index < -0.39 is 25.2 Å². The smallest absolute Gasteiger partial charge is 0.351 e. The lowest BCUT2D eigenvalue weighted by Crippen LogP contribution is -2.53. The van der Waals surface area contributed by atoms with Crippen LogP contribution in [0.3, 0.4) is 0 Å². The van der Waals surface area contributed by atoms with E-state index in [0.29, 0.717) is 26.4 Å². The predicted octanol–water partition coefficient (Wildman–Crippen LogP) is 3.12. The molecule has 0 N–H and O–H groups in total. The molecule has 0 radical (unpaired) electrons. The molecule has 0 bridgehead atoms. The van der Waals surface area contributed by atoms with Crippen LogP contribution in [0.2, 0.25) is 0 Å². The van der Waals surface area contributed by atoms with E-state index in [1.807, 2.05) is 46.8 Å². The van der Waals surface area contributed by atoms with Gasteiger partial charge in [0.25, 0.3) is 0 Å². The normalized spacial score (nSPS) is 21.3. The number of hydrogen-bond donors (Lipinski definition) is 0. The van der Waals surface area contributed by atoms with Crippen molar-refractivity contribution in [3.8, 4) is 0 Å². The first-order chi connectivity index (χ1) is 13.8. The molecule has 1 fully saturated rings.